The van der Waals surface area contributed by atoms with E-state index in [4.69, 9.17) is 10.5 Å². The van der Waals surface area contributed by atoms with Crippen LogP contribution in [0.2, 0.25) is 0 Å². The van der Waals surface area contributed by atoms with Crippen molar-refractivity contribution in [3.8, 4) is 0 Å². The Labute approximate surface area is 103 Å². The maximum atomic E-state index is 12.2. The van der Waals surface area contributed by atoms with E-state index < -0.39 is 0 Å². The monoisotopic (exact) mass is 241 g/mol. The average molecular weight is 241 g/mol. The summed E-state index contributed by atoms with van der Waals surface area (Å²) in [4.78, 5) is 16.5. The lowest BCUT2D eigenvalue weighted by molar-refractivity contribution is -0.144. The van der Waals surface area contributed by atoms with Gasteiger partial charge in [-0.1, -0.05) is 6.92 Å². The first-order valence-corrected chi connectivity index (χ1v) is 6.55. The Morgan fingerprint density at radius 1 is 1.35 bits per heavy atom. The molecule has 1 amide bonds. The van der Waals surface area contributed by atoms with E-state index in [1.165, 1.54) is 0 Å². The van der Waals surface area contributed by atoms with Crippen LogP contribution in [-0.2, 0) is 9.53 Å². The fraction of sp³-hybridized carbons (Fsp3) is 0.917. The molecule has 2 heterocycles. The fourth-order valence-electron chi connectivity index (χ4n) is 2.57. The Balaban J connectivity index is 1.82. The smallest absolute Gasteiger partial charge is 0.252 e. The summed E-state index contributed by atoms with van der Waals surface area (Å²) in [5, 5.41) is 0. The van der Waals surface area contributed by atoms with Gasteiger partial charge in [-0.25, -0.2) is 0 Å². The highest BCUT2D eigenvalue weighted by Crippen LogP contribution is 2.22. The minimum atomic E-state index is -0.198. The number of rotatable bonds is 3. The fourth-order valence-corrected chi connectivity index (χ4v) is 2.57. The van der Waals surface area contributed by atoms with Crippen molar-refractivity contribution in [2.75, 3.05) is 45.9 Å². The molecule has 17 heavy (non-hydrogen) atoms. The first kappa shape index (κ1) is 12.8. The molecule has 0 aromatic carbocycles. The quantitative estimate of drug-likeness (QED) is 0.724. The number of carbonyl (C=O) groups is 1. The van der Waals surface area contributed by atoms with Gasteiger partial charge in [0.1, 0.15) is 6.10 Å². The summed E-state index contributed by atoms with van der Waals surface area (Å²) in [6.07, 6.45) is 0.805. The normalized spacial score (nSPS) is 30.8. The molecule has 5 nitrogen and oxygen atoms in total. The molecule has 2 aliphatic rings. The van der Waals surface area contributed by atoms with Crippen molar-refractivity contribution in [1.29, 1.82) is 0 Å². The summed E-state index contributed by atoms with van der Waals surface area (Å²) in [7, 11) is 0. The summed E-state index contributed by atoms with van der Waals surface area (Å²) in [6, 6.07) is 0. The third-order valence-electron chi connectivity index (χ3n) is 3.76. The van der Waals surface area contributed by atoms with Gasteiger partial charge in [0, 0.05) is 45.9 Å². The van der Waals surface area contributed by atoms with Crippen LogP contribution in [0.4, 0.5) is 0 Å². The van der Waals surface area contributed by atoms with E-state index in [1.807, 2.05) is 4.90 Å². The first-order chi connectivity index (χ1) is 8.22. The van der Waals surface area contributed by atoms with Crippen molar-refractivity contribution < 1.29 is 9.53 Å². The van der Waals surface area contributed by atoms with Crippen molar-refractivity contribution in [1.82, 2.24) is 9.80 Å². The van der Waals surface area contributed by atoms with Crippen molar-refractivity contribution in [2.24, 2.45) is 11.7 Å². The second-order valence-corrected chi connectivity index (χ2v) is 5.01. The number of carbonyl (C=O) groups excluding carboxylic acids is 1. The lowest BCUT2D eigenvalue weighted by atomic mass is 10.0. The summed E-state index contributed by atoms with van der Waals surface area (Å²) >= 11 is 0. The van der Waals surface area contributed by atoms with Gasteiger partial charge in [0.2, 0.25) is 0 Å². The van der Waals surface area contributed by atoms with Gasteiger partial charge in [0.25, 0.3) is 5.91 Å². The van der Waals surface area contributed by atoms with Gasteiger partial charge in [-0.2, -0.15) is 0 Å². The molecule has 2 rings (SSSR count). The van der Waals surface area contributed by atoms with Crippen molar-refractivity contribution in [3.05, 3.63) is 0 Å². The molecule has 0 aromatic rings. The summed E-state index contributed by atoms with van der Waals surface area (Å²) in [5.41, 5.74) is 5.53. The van der Waals surface area contributed by atoms with Crippen molar-refractivity contribution >= 4 is 5.91 Å². The maximum absolute atomic E-state index is 12.2. The molecule has 2 saturated heterocycles. The molecule has 2 N–H and O–H groups in total. The van der Waals surface area contributed by atoms with E-state index in [1.54, 1.807) is 0 Å². The Hall–Kier alpha value is -0.650. The lowest BCUT2D eigenvalue weighted by Crippen LogP contribution is -2.52. The van der Waals surface area contributed by atoms with E-state index in [0.29, 0.717) is 12.5 Å². The summed E-state index contributed by atoms with van der Waals surface area (Å²) in [6.45, 7) is 7.94. The van der Waals surface area contributed by atoms with Crippen LogP contribution in [0.3, 0.4) is 0 Å². The molecule has 0 aromatic heterocycles. The number of ether oxygens (including phenoxy) is 1. The van der Waals surface area contributed by atoms with Gasteiger partial charge >= 0.3 is 0 Å². The Morgan fingerprint density at radius 2 is 2.06 bits per heavy atom. The molecule has 2 unspecified atom stereocenters. The predicted molar refractivity (Wildman–Crippen MR) is 65.6 cm³/mol. The van der Waals surface area contributed by atoms with Gasteiger partial charge in [-0.3, -0.25) is 9.69 Å². The van der Waals surface area contributed by atoms with Gasteiger partial charge in [-0.15, -0.1) is 0 Å². The van der Waals surface area contributed by atoms with Crippen LogP contribution in [0, 0.1) is 5.92 Å². The third-order valence-corrected chi connectivity index (χ3v) is 3.76. The van der Waals surface area contributed by atoms with Crippen LogP contribution in [-0.4, -0.2) is 67.7 Å². The number of hydrogen-bond acceptors (Lipinski definition) is 4. The maximum Gasteiger partial charge on any atom is 0.252 e. The van der Waals surface area contributed by atoms with Gasteiger partial charge in [0.05, 0.1) is 0 Å². The molecule has 0 bridgehead atoms. The van der Waals surface area contributed by atoms with E-state index in [0.717, 1.165) is 45.8 Å². The molecule has 0 saturated carbocycles. The summed E-state index contributed by atoms with van der Waals surface area (Å²) < 4.78 is 5.53. The van der Waals surface area contributed by atoms with Crippen LogP contribution in [0.15, 0.2) is 0 Å². The highest BCUT2D eigenvalue weighted by Gasteiger charge is 2.34. The molecule has 0 radical (unpaired) electrons. The van der Waals surface area contributed by atoms with E-state index >= 15 is 0 Å². The van der Waals surface area contributed by atoms with Crippen LogP contribution in [0.5, 0.6) is 0 Å². The van der Waals surface area contributed by atoms with Gasteiger partial charge in [-0.05, 0) is 12.3 Å². The zero-order valence-corrected chi connectivity index (χ0v) is 10.6. The largest absolute Gasteiger partial charge is 0.368 e. The van der Waals surface area contributed by atoms with Crippen LogP contribution in [0.25, 0.3) is 0 Å². The number of hydrogen-bond donors (Lipinski definition) is 1. The lowest BCUT2D eigenvalue weighted by Gasteiger charge is -2.36. The first-order valence-electron chi connectivity index (χ1n) is 6.55. The Kier molecular flexibility index (Phi) is 4.36. The number of amides is 1. The van der Waals surface area contributed by atoms with Crippen molar-refractivity contribution in [2.45, 2.75) is 19.4 Å². The van der Waals surface area contributed by atoms with E-state index in [2.05, 4.69) is 11.8 Å². The van der Waals surface area contributed by atoms with E-state index in [-0.39, 0.29) is 12.0 Å². The van der Waals surface area contributed by atoms with Crippen LogP contribution < -0.4 is 5.73 Å². The molecule has 5 heteroatoms. The van der Waals surface area contributed by atoms with E-state index in [9.17, 15) is 4.79 Å². The minimum absolute atomic E-state index is 0.183. The topological polar surface area (TPSA) is 58.8 Å². The second kappa shape index (κ2) is 5.80. The Bertz CT molecular complexity index is 264. The highest BCUT2D eigenvalue weighted by atomic mass is 16.5. The molecule has 2 aliphatic heterocycles. The molecule has 0 spiro atoms. The van der Waals surface area contributed by atoms with Crippen molar-refractivity contribution in [3.63, 3.8) is 0 Å². The Morgan fingerprint density at radius 3 is 2.59 bits per heavy atom. The zero-order chi connectivity index (χ0) is 12.3. The third kappa shape index (κ3) is 2.97. The second-order valence-electron chi connectivity index (χ2n) is 5.01. The number of piperazine rings is 1. The molecule has 0 aliphatic carbocycles. The summed E-state index contributed by atoms with van der Waals surface area (Å²) in [5.74, 6) is 0.548. The molecule has 2 atom stereocenters. The molecule has 98 valence electrons. The standard InChI is InChI=1S/C12H23N3O2/c1-10-2-9-17-11(10)12(16)15-7-5-14(4-3-13)6-8-15/h10-11H,2-9,13H2,1H3. The highest BCUT2D eigenvalue weighted by molar-refractivity contribution is 5.81. The average Bonchev–Trinajstić information content (AvgIpc) is 2.76. The molecular formula is C12H23N3O2. The molecule has 2 fully saturated rings. The van der Waals surface area contributed by atoms with Gasteiger partial charge in [0.15, 0.2) is 0 Å². The van der Waals surface area contributed by atoms with Crippen LogP contribution in [0.1, 0.15) is 13.3 Å². The zero-order valence-electron chi connectivity index (χ0n) is 10.6. The SMILES string of the molecule is CC1CCOC1C(=O)N1CCN(CCN)CC1. The van der Waals surface area contributed by atoms with Gasteiger partial charge < -0.3 is 15.4 Å². The number of nitrogens with two attached hydrogens (primary N) is 1. The minimum Gasteiger partial charge on any atom is -0.368 e. The van der Waals surface area contributed by atoms with Crippen LogP contribution >= 0.6 is 0 Å². The predicted octanol–water partition coefficient (Wildman–Crippen LogP) is -0.486. The molecular weight excluding hydrogens is 218 g/mol. The number of nitrogens with zero attached hydrogens (tertiary/aromatic N) is 2.